The second-order valence-electron chi connectivity index (χ2n) is 3.12. The fourth-order valence-electron chi connectivity index (χ4n) is 1.24. The van der Waals surface area contributed by atoms with Gasteiger partial charge < -0.3 is 4.74 Å². The summed E-state index contributed by atoms with van der Waals surface area (Å²) in [5, 5.41) is 0. The standard InChI is InChI=1S/C12H14O2/c1-9(13)7-8-11-5-4-6-12(14-3)10(11)2/h4-8H,1-3H3/b8-7+. The molecule has 0 N–H and O–H groups in total. The lowest BCUT2D eigenvalue weighted by molar-refractivity contribution is -0.112. The van der Waals surface area contributed by atoms with Crippen LogP contribution in [0.25, 0.3) is 6.08 Å². The molecule has 14 heavy (non-hydrogen) atoms. The summed E-state index contributed by atoms with van der Waals surface area (Å²) in [4.78, 5) is 10.8. The topological polar surface area (TPSA) is 26.3 Å². The van der Waals surface area contributed by atoms with Crippen molar-refractivity contribution < 1.29 is 9.53 Å². The molecule has 0 atom stereocenters. The first-order chi connectivity index (χ1) is 6.65. The van der Waals surface area contributed by atoms with E-state index < -0.39 is 0 Å². The quantitative estimate of drug-likeness (QED) is 0.685. The first-order valence-electron chi connectivity index (χ1n) is 4.47. The summed E-state index contributed by atoms with van der Waals surface area (Å²) in [7, 11) is 1.64. The third-order valence-corrected chi connectivity index (χ3v) is 2.04. The summed E-state index contributed by atoms with van der Waals surface area (Å²) in [5.41, 5.74) is 2.06. The van der Waals surface area contributed by atoms with Crippen LogP contribution >= 0.6 is 0 Å². The van der Waals surface area contributed by atoms with Crippen LogP contribution in [0.1, 0.15) is 18.1 Å². The molecule has 74 valence electrons. The summed E-state index contributed by atoms with van der Waals surface area (Å²) in [5.74, 6) is 0.892. The Kier molecular flexibility index (Phi) is 3.46. The molecule has 2 heteroatoms. The van der Waals surface area contributed by atoms with Crippen molar-refractivity contribution in [3.8, 4) is 5.75 Å². The lowest BCUT2D eigenvalue weighted by Gasteiger charge is -2.06. The molecule has 0 fully saturated rings. The van der Waals surface area contributed by atoms with E-state index in [1.807, 2.05) is 25.1 Å². The number of allylic oxidation sites excluding steroid dienone is 1. The SMILES string of the molecule is COc1cccc(/C=C/C(C)=O)c1C. The fourth-order valence-corrected chi connectivity index (χ4v) is 1.24. The van der Waals surface area contributed by atoms with Gasteiger partial charge in [-0.2, -0.15) is 0 Å². The van der Waals surface area contributed by atoms with E-state index in [-0.39, 0.29) is 5.78 Å². The van der Waals surface area contributed by atoms with E-state index in [0.717, 1.165) is 16.9 Å². The zero-order valence-electron chi connectivity index (χ0n) is 8.70. The third-order valence-electron chi connectivity index (χ3n) is 2.04. The Labute approximate surface area is 84.2 Å². The van der Waals surface area contributed by atoms with E-state index in [1.54, 1.807) is 19.3 Å². The van der Waals surface area contributed by atoms with Crippen LogP contribution in [0.4, 0.5) is 0 Å². The number of hydrogen-bond donors (Lipinski definition) is 0. The van der Waals surface area contributed by atoms with Crippen LogP contribution in [0.2, 0.25) is 0 Å². The molecule has 0 radical (unpaired) electrons. The Morgan fingerprint density at radius 3 is 2.71 bits per heavy atom. The van der Waals surface area contributed by atoms with Crippen LogP contribution in [-0.2, 0) is 4.79 Å². The Morgan fingerprint density at radius 1 is 1.43 bits per heavy atom. The maximum absolute atomic E-state index is 10.8. The predicted molar refractivity (Wildman–Crippen MR) is 57.4 cm³/mol. The highest BCUT2D eigenvalue weighted by Crippen LogP contribution is 2.21. The van der Waals surface area contributed by atoms with Gasteiger partial charge in [-0.15, -0.1) is 0 Å². The molecule has 0 aliphatic carbocycles. The van der Waals surface area contributed by atoms with Crippen molar-refractivity contribution in [2.45, 2.75) is 13.8 Å². The van der Waals surface area contributed by atoms with Crippen LogP contribution in [0.15, 0.2) is 24.3 Å². The van der Waals surface area contributed by atoms with Crippen molar-refractivity contribution >= 4 is 11.9 Å². The normalized spacial score (nSPS) is 10.5. The maximum atomic E-state index is 10.8. The molecule has 2 nitrogen and oxygen atoms in total. The van der Waals surface area contributed by atoms with Crippen LogP contribution in [0.3, 0.4) is 0 Å². The fraction of sp³-hybridized carbons (Fsp3) is 0.250. The van der Waals surface area contributed by atoms with Crippen LogP contribution < -0.4 is 4.74 Å². The molecular weight excluding hydrogens is 176 g/mol. The minimum Gasteiger partial charge on any atom is -0.496 e. The Morgan fingerprint density at radius 2 is 2.14 bits per heavy atom. The van der Waals surface area contributed by atoms with Gasteiger partial charge in [0.15, 0.2) is 5.78 Å². The molecule has 0 bridgehead atoms. The van der Waals surface area contributed by atoms with Gasteiger partial charge in [0.1, 0.15) is 5.75 Å². The molecule has 0 aliphatic heterocycles. The molecule has 1 rings (SSSR count). The van der Waals surface area contributed by atoms with Gasteiger partial charge in [0, 0.05) is 0 Å². The second-order valence-corrected chi connectivity index (χ2v) is 3.12. The summed E-state index contributed by atoms with van der Waals surface area (Å²) < 4.78 is 5.17. The lowest BCUT2D eigenvalue weighted by Crippen LogP contribution is -1.89. The highest BCUT2D eigenvalue weighted by Gasteiger charge is 2.00. The molecular formula is C12H14O2. The van der Waals surface area contributed by atoms with Gasteiger partial charge >= 0.3 is 0 Å². The highest BCUT2D eigenvalue weighted by atomic mass is 16.5. The average molecular weight is 190 g/mol. The molecule has 1 aromatic rings. The van der Waals surface area contributed by atoms with Crippen LogP contribution in [0, 0.1) is 6.92 Å². The van der Waals surface area contributed by atoms with E-state index in [0.29, 0.717) is 0 Å². The van der Waals surface area contributed by atoms with Gasteiger partial charge in [-0.05, 0) is 37.1 Å². The minimum atomic E-state index is 0.0484. The van der Waals surface area contributed by atoms with Gasteiger partial charge in [0.25, 0.3) is 0 Å². The number of ketones is 1. The van der Waals surface area contributed by atoms with Crippen molar-refractivity contribution in [2.24, 2.45) is 0 Å². The van der Waals surface area contributed by atoms with E-state index >= 15 is 0 Å². The zero-order valence-corrected chi connectivity index (χ0v) is 8.70. The number of hydrogen-bond acceptors (Lipinski definition) is 2. The number of methoxy groups -OCH3 is 1. The van der Waals surface area contributed by atoms with Gasteiger partial charge in [0.2, 0.25) is 0 Å². The van der Waals surface area contributed by atoms with Crippen LogP contribution in [-0.4, -0.2) is 12.9 Å². The molecule has 0 saturated heterocycles. The smallest absolute Gasteiger partial charge is 0.152 e. The summed E-state index contributed by atoms with van der Waals surface area (Å²) in [6.45, 7) is 3.50. The van der Waals surface area contributed by atoms with Gasteiger partial charge in [0.05, 0.1) is 7.11 Å². The van der Waals surface area contributed by atoms with E-state index in [1.165, 1.54) is 6.92 Å². The minimum absolute atomic E-state index is 0.0484. The molecule has 0 saturated carbocycles. The second kappa shape index (κ2) is 4.61. The van der Waals surface area contributed by atoms with E-state index in [9.17, 15) is 4.79 Å². The number of carbonyl (C=O) groups excluding carboxylic acids is 1. The van der Waals surface area contributed by atoms with Gasteiger partial charge in [-0.25, -0.2) is 0 Å². The van der Waals surface area contributed by atoms with E-state index in [4.69, 9.17) is 4.74 Å². The largest absolute Gasteiger partial charge is 0.496 e. The van der Waals surface area contributed by atoms with Gasteiger partial charge in [-0.3, -0.25) is 4.79 Å². The summed E-state index contributed by atoms with van der Waals surface area (Å²) >= 11 is 0. The molecule has 0 aliphatic rings. The summed E-state index contributed by atoms with van der Waals surface area (Å²) in [6.07, 6.45) is 3.36. The van der Waals surface area contributed by atoms with Crippen molar-refractivity contribution in [3.63, 3.8) is 0 Å². The number of ether oxygens (including phenoxy) is 1. The Hall–Kier alpha value is -1.57. The Bertz CT molecular complexity index is 365. The average Bonchev–Trinajstić information content (AvgIpc) is 2.16. The molecule has 1 aromatic carbocycles. The first-order valence-corrected chi connectivity index (χ1v) is 4.47. The highest BCUT2D eigenvalue weighted by molar-refractivity contribution is 5.91. The number of rotatable bonds is 3. The molecule has 0 unspecified atom stereocenters. The van der Waals surface area contributed by atoms with Crippen molar-refractivity contribution in [3.05, 3.63) is 35.4 Å². The van der Waals surface area contributed by atoms with Crippen molar-refractivity contribution in [1.29, 1.82) is 0 Å². The molecule has 0 spiro atoms. The summed E-state index contributed by atoms with van der Waals surface area (Å²) in [6, 6.07) is 5.77. The molecule has 0 aromatic heterocycles. The number of benzene rings is 1. The molecule has 0 amide bonds. The molecule has 0 heterocycles. The van der Waals surface area contributed by atoms with Crippen LogP contribution in [0.5, 0.6) is 5.75 Å². The monoisotopic (exact) mass is 190 g/mol. The van der Waals surface area contributed by atoms with Crippen molar-refractivity contribution in [2.75, 3.05) is 7.11 Å². The zero-order chi connectivity index (χ0) is 10.6. The maximum Gasteiger partial charge on any atom is 0.152 e. The van der Waals surface area contributed by atoms with Crippen molar-refractivity contribution in [1.82, 2.24) is 0 Å². The lowest BCUT2D eigenvalue weighted by atomic mass is 10.1. The van der Waals surface area contributed by atoms with Gasteiger partial charge in [-0.1, -0.05) is 18.2 Å². The van der Waals surface area contributed by atoms with E-state index in [2.05, 4.69) is 0 Å². The predicted octanol–water partition coefficient (Wildman–Crippen LogP) is 2.61. The first kappa shape index (κ1) is 10.5. The third kappa shape index (κ3) is 2.46. The number of carbonyl (C=O) groups is 1. The Balaban J connectivity index is 3.03.